The Morgan fingerprint density at radius 1 is 1.41 bits per heavy atom. The average Bonchev–Trinajstić information content (AvgIpc) is 2.33. The van der Waals surface area contributed by atoms with E-state index in [9.17, 15) is 4.79 Å². The second-order valence-corrected chi connectivity index (χ2v) is 5.57. The monoisotopic (exact) mass is 296 g/mol. The van der Waals surface area contributed by atoms with Crippen molar-refractivity contribution in [3.63, 3.8) is 0 Å². The van der Waals surface area contributed by atoms with Crippen LogP contribution in [0.15, 0.2) is 22.7 Å². The molecule has 0 radical (unpaired) electrons. The van der Waals surface area contributed by atoms with Gasteiger partial charge in [0.05, 0.1) is 0 Å². The number of anilines is 1. The van der Waals surface area contributed by atoms with Gasteiger partial charge in [-0.25, -0.2) is 0 Å². The molecule has 1 saturated heterocycles. The third-order valence-electron chi connectivity index (χ3n) is 3.32. The highest BCUT2D eigenvalue weighted by Gasteiger charge is 2.21. The van der Waals surface area contributed by atoms with Gasteiger partial charge in [0, 0.05) is 28.8 Å². The van der Waals surface area contributed by atoms with Gasteiger partial charge in [-0.1, -0.05) is 6.92 Å². The minimum Gasteiger partial charge on any atom is -0.398 e. The summed E-state index contributed by atoms with van der Waals surface area (Å²) in [5.74, 6) is 0.842. The number of piperidine rings is 1. The number of nitrogens with zero attached hydrogens (tertiary/aromatic N) is 1. The lowest BCUT2D eigenvalue weighted by Crippen LogP contribution is -2.37. The zero-order valence-corrected chi connectivity index (χ0v) is 11.5. The molecule has 0 spiro atoms. The summed E-state index contributed by atoms with van der Waals surface area (Å²) in [6, 6.07) is 5.36. The van der Waals surface area contributed by atoms with E-state index in [1.54, 1.807) is 18.2 Å². The molecule has 1 aromatic rings. The van der Waals surface area contributed by atoms with E-state index < -0.39 is 0 Å². The minimum absolute atomic E-state index is 0.109. The molecule has 1 aliphatic rings. The molecule has 92 valence electrons. The van der Waals surface area contributed by atoms with Gasteiger partial charge in [-0.15, -0.1) is 0 Å². The SMILES string of the molecule is CC1CCN(C(=O)c2ccc(N)c(Br)c2)CC1. The second-order valence-electron chi connectivity index (χ2n) is 4.71. The standard InChI is InChI=1S/C13H17BrN2O/c1-9-4-6-16(7-5-9)13(17)10-2-3-12(15)11(14)8-10/h2-3,8-9H,4-7,15H2,1H3. The Balaban J connectivity index is 2.11. The average molecular weight is 297 g/mol. The molecule has 1 aliphatic heterocycles. The quantitative estimate of drug-likeness (QED) is 0.810. The van der Waals surface area contributed by atoms with E-state index in [1.807, 2.05) is 4.90 Å². The molecule has 0 atom stereocenters. The summed E-state index contributed by atoms with van der Waals surface area (Å²) < 4.78 is 0.786. The molecule has 0 unspecified atom stereocenters. The molecule has 1 heterocycles. The van der Waals surface area contributed by atoms with Crippen LogP contribution < -0.4 is 5.73 Å². The summed E-state index contributed by atoms with van der Waals surface area (Å²) in [7, 11) is 0. The molecular weight excluding hydrogens is 280 g/mol. The fraction of sp³-hybridized carbons (Fsp3) is 0.462. The van der Waals surface area contributed by atoms with E-state index in [-0.39, 0.29) is 5.91 Å². The number of benzene rings is 1. The highest BCUT2D eigenvalue weighted by atomic mass is 79.9. The zero-order valence-electron chi connectivity index (χ0n) is 9.95. The Bertz CT molecular complexity index is 425. The lowest BCUT2D eigenvalue weighted by molar-refractivity contribution is 0.0697. The van der Waals surface area contributed by atoms with Crippen LogP contribution in [0.3, 0.4) is 0 Å². The molecule has 0 saturated carbocycles. The van der Waals surface area contributed by atoms with Crippen LogP contribution in [-0.4, -0.2) is 23.9 Å². The maximum Gasteiger partial charge on any atom is 0.253 e. The van der Waals surface area contributed by atoms with E-state index >= 15 is 0 Å². The Hall–Kier alpha value is -1.03. The van der Waals surface area contributed by atoms with Crippen molar-refractivity contribution in [2.75, 3.05) is 18.8 Å². The van der Waals surface area contributed by atoms with E-state index in [0.717, 1.165) is 36.3 Å². The number of hydrogen-bond donors (Lipinski definition) is 1. The van der Waals surface area contributed by atoms with E-state index in [1.165, 1.54) is 0 Å². The summed E-state index contributed by atoms with van der Waals surface area (Å²) >= 11 is 3.35. The normalized spacial score (nSPS) is 17.2. The predicted octanol–water partition coefficient (Wildman–Crippen LogP) is 2.90. The number of carbonyl (C=O) groups is 1. The fourth-order valence-electron chi connectivity index (χ4n) is 2.05. The highest BCUT2D eigenvalue weighted by molar-refractivity contribution is 9.10. The van der Waals surface area contributed by atoms with Gasteiger partial charge >= 0.3 is 0 Å². The summed E-state index contributed by atoms with van der Waals surface area (Å²) in [5, 5.41) is 0. The number of likely N-dealkylation sites (tertiary alicyclic amines) is 1. The van der Waals surface area contributed by atoms with Crippen molar-refractivity contribution in [3.05, 3.63) is 28.2 Å². The smallest absolute Gasteiger partial charge is 0.253 e. The number of halogens is 1. The molecule has 2 N–H and O–H groups in total. The molecular formula is C13H17BrN2O. The third kappa shape index (κ3) is 2.80. The van der Waals surface area contributed by atoms with Gasteiger partial charge < -0.3 is 10.6 Å². The summed E-state index contributed by atoms with van der Waals surface area (Å²) in [6.07, 6.45) is 2.20. The maximum absolute atomic E-state index is 12.2. The zero-order chi connectivity index (χ0) is 12.4. The maximum atomic E-state index is 12.2. The van der Waals surface area contributed by atoms with Crippen LogP contribution in [0.5, 0.6) is 0 Å². The topological polar surface area (TPSA) is 46.3 Å². The van der Waals surface area contributed by atoms with Crippen LogP contribution in [0.1, 0.15) is 30.1 Å². The van der Waals surface area contributed by atoms with E-state index in [0.29, 0.717) is 11.3 Å². The molecule has 17 heavy (non-hydrogen) atoms. The molecule has 1 aromatic carbocycles. The first-order valence-corrected chi connectivity index (χ1v) is 6.71. The lowest BCUT2D eigenvalue weighted by atomic mass is 9.98. The molecule has 1 amide bonds. The van der Waals surface area contributed by atoms with Crippen LogP contribution in [0.4, 0.5) is 5.69 Å². The number of carbonyl (C=O) groups excluding carboxylic acids is 1. The van der Waals surface area contributed by atoms with Gasteiger partial charge in [0.1, 0.15) is 0 Å². The number of rotatable bonds is 1. The van der Waals surface area contributed by atoms with Gasteiger partial charge in [-0.2, -0.15) is 0 Å². The Labute approximate surface area is 110 Å². The van der Waals surface area contributed by atoms with Crippen molar-refractivity contribution in [2.24, 2.45) is 5.92 Å². The van der Waals surface area contributed by atoms with Gasteiger partial charge in [0.25, 0.3) is 5.91 Å². The lowest BCUT2D eigenvalue weighted by Gasteiger charge is -2.30. The van der Waals surface area contributed by atoms with Gasteiger partial charge in [0.2, 0.25) is 0 Å². The van der Waals surface area contributed by atoms with E-state index in [2.05, 4.69) is 22.9 Å². The molecule has 0 aliphatic carbocycles. The van der Waals surface area contributed by atoms with Crippen molar-refractivity contribution in [2.45, 2.75) is 19.8 Å². The summed E-state index contributed by atoms with van der Waals surface area (Å²) in [4.78, 5) is 14.2. The van der Waals surface area contributed by atoms with Crippen molar-refractivity contribution in [3.8, 4) is 0 Å². The molecule has 1 fully saturated rings. The van der Waals surface area contributed by atoms with Crippen molar-refractivity contribution in [1.29, 1.82) is 0 Å². The second kappa shape index (κ2) is 5.08. The molecule has 2 rings (SSSR count). The Morgan fingerprint density at radius 3 is 2.65 bits per heavy atom. The molecule has 4 heteroatoms. The molecule has 0 bridgehead atoms. The summed E-state index contributed by atoms with van der Waals surface area (Å²) in [5.41, 5.74) is 7.08. The van der Waals surface area contributed by atoms with Gasteiger partial charge in [-0.3, -0.25) is 4.79 Å². The number of nitrogens with two attached hydrogens (primary N) is 1. The van der Waals surface area contributed by atoms with Crippen molar-refractivity contribution >= 4 is 27.5 Å². The van der Waals surface area contributed by atoms with Crippen LogP contribution in [-0.2, 0) is 0 Å². The minimum atomic E-state index is 0.109. The van der Waals surface area contributed by atoms with Gasteiger partial charge in [0.15, 0.2) is 0 Å². The molecule has 3 nitrogen and oxygen atoms in total. The predicted molar refractivity (Wildman–Crippen MR) is 72.9 cm³/mol. The van der Waals surface area contributed by atoms with Crippen molar-refractivity contribution < 1.29 is 4.79 Å². The van der Waals surface area contributed by atoms with Crippen LogP contribution in [0, 0.1) is 5.92 Å². The first kappa shape index (κ1) is 12.4. The fourth-order valence-corrected chi connectivity index (χ4v) is 2.43. The van der Waals surface area contributed by atoms with Gasteiger partial charge in [-0.05, 0) is 52.9 Å². The number of hydrogen-bond acceptors (Lipinski definition) is 2. The Kier molecular flexibility index (Phi) is 3.72. The number of nitrogen functional groups attached to an aromatic ring is 1. The Morgan fingerprint density at radius 2 is 2.06 bits per heavy atom. The number of amides is 1. The van der Waals surface area contributed by atoms with Crippen LogP contribution in [0.25, 0.3) is 0 Å². The first-order valence-electron chi connectivity index (χ1n) is 5.92. The van der Waals surface area contributed by atoms with E-state index in [4.69, 9.17) is 5.73 Å². The summed E-state index contributed by atoms with van der Waals surface area (Å²) in [6.45, 7) is 3.96. The highest BCUT2D eigenvalue weighted by Crippen LogP contribution is 2.23. The largest absolute Gasteiger partial charge is 0.398 e. The van der Waals surface area contributed by atoms with Crippen LogP contribution >= 0.6 is 15.9 Å². The molecule has 0 aromatic heterocycles. The third-order valence-corrected chi connectivity index (χ3v) is 4.01. The van der Waals surface area contributed by atoms with Crippen LogP contribution in [0.2, 0.25) is 0 Å². The first-order chi connectivity index (χ1) is 8.08. The van der Waals surface area contributed by atoms with Crippen molar-refractivity contribution in [1.82, 2.24) is 4.90 Å².